The van der Waals surface area contributed by atoms with Crippen molar-refractivity contribution in [2.45, 2.75) is 65.3 Å². The maximum atomic E-state index is 11.8. The van der Waals surface area contributed by atoms with Crippen molar-refractivity contribution in [2.75, 3.05) is 33.3 Å². The summed E-state index contributed by atoms with van der Waals surface area (Å²) in [6.07, 6.45) is 6.77. The zero-order valence-corrected chi connectivity index (χ0v) is 13.9. The molecule has 1 atom stereocenters. The van der Waals surface area contributed by atoms with Gasteiger partial charge in [-0.2, -0.15) is 0 Å². The van der Waals surface area contributed by atoms with Gasteiger partial charge in [-0.05, 0) is 45.3 Å². The Hall–Kier alpha value is -0.610. The number of carbonyl (C=O) groups is 1. The molecule has 0 heterocycles. The zero-order valence-electron chi connectivity index (χ0n) is 13.9. The number of esters is 1. The van der Waals surface area contributed by atoms with Crippen LogP contribution in [0.1, 0.15) is 59.3 Å². The third-order valence-electron chi connectivity index (χ3n) is 3.52. The summed E-state index contributed by atoms with van der Waals surface area (Å²) in [4.78, 5) is 14.2. The van der Waals surface area contributed by atoms with Gasteiger partial charge in [-0.25, -0.2) is 0 Å². The summed E-state index contributed by atoms with van der Waals surface area (Å²) in [6, 6.07) is -0.161. The van der Waals surface area contributed by atoms with E-state index in [1.807, 2.05) is 0 Å². The Morgan fingerprint density at radius 1 is 1.05 bits per heavy atom. The van der Waals surface area contributed by atoms with E-state index >= 15 is 0 Å². The molecule has 20 heavy (non-hydrogen) atoms. The first kappa shape index (κ1) is 19.4. The fourth-order valence-corrected chi connectivity index (χ4v) is 2.17. The summed E-state index contributed by atoms with van der Waals surface area (Å²) in [5.41, 5.74) is 0. The van der Waals surface area contributed by atoms with Gasteiger partial charge < -0.3 is 15.0 Å². The first-order valence-corrected chi connectivity index (χ1v) is 8.23. The van der Waals surface area contributed by atoms with Gasteiger partial charge in [-0.3, -0.25) is 4.79 Å². The van der Waals surface area contributed by atoms with Crippen LogP contribution in [0.25, 0.3) is 0 Å². The number of nitrogens with zero attached hydrogens (tertiary/aromatic N) is 1. The summed E-state index contributed by atoms with van der Waals surface area (Å²) in [6.45, 7) is 10.7. The minimum atomic E-state index is -0.161. The molecule has 0 aliphatic carbocycles. The molecule has 4 heteroatoms. The predicted molar refractivity (Wildman–Crippen MR) is 85.0 cm³/mol. The summed E-state index contributed by atoms with van der Waals surface area (Å²) in [5, 5.41) is 3.29. The molecule has 0 aromatic heterocycles. The van der Waals surface area contributed by atoms with Gasteiger partial charge in [0.05, 0.1) is 7.11 Å². The molecule has 0 fully saturated rings. The second-order valence-electron chi connectivity index (χ2n) is 5.37. The van der Waals surface area contributed by atoms with Crippen molar-refractivity contribution >= 4 is 5.97 Å². The molecule has 0 radical (unpaired) electrons. The normalized spacial score (nSPS) is 12.7. The summed E-state index contributed by atoms with van der Waals surface area (Å²) < 4.78 is 4.88. The number of hydrogen-bond acceptors (Lipinski definition) is 4. The van der Waals surface area contributed by atoms with Gasteiger partial charge in [-0.1, -0.05) is 33.6 Å². The number of nitrogens with one attached hydrogen (secondary N) is 1. The molecule has 0 saturated heterocycles. The highest BCUT2D eigenvalue weighted by molar-refractivity contribution is 5.75. The number of carbonyl (C=O) groups excluding carboxylic acids is 1. The minimum absolute atomic E-state index is 0.135. The third kappa shape index (κ3) is 9.32. The topological polar surface area (TPSA) is 41.6 Å². The van der Waals surface area contributed by atoms with Crippen LogP contribution < -0.4 is 5.32 Å². The molecule has 0 aromatic carbocycles. The Bertz CT molecular complexity index is 227. The number of methoxy groups -OCH3 is 1. The van der Waals surface area contributed by atoms with Gasteiger partial charge in [-0.15, -0.1) is 0 Å². The zero-order chi connectivity index (χ0) is 15.2. The van der Waals surface area contributed by atoms with Gasteiger partial charge in [0.2, 0.25) is 0 Å². The van der Waals surface area contributed by atoms with Crippen molar-refractivity contribution < 1.29 is 9.53 Å². The SMILES string of the molecule is CCCCN(CCCC)CCC(NCCC)C(=O)OC. The van der Waals surface area contributed by atoms with Crippen molar-refractivity contribution in [3.8, 4) is 0 Å². The smallest absolute Gasteiger partial charge is 0.322 e. The maximum Gasteiger partial charge on any atom is 0.322 e. The number of unbranched alkanes of at least 4 members (excludes halogenated alkanes) is 2. The van der Waals surface area contributed by atoms with Crippen molar-refractivity contribution in [1.82, 2.24) is 10.2 Å². The quantitative estimate of drug-likeness (QED) is 0.529. The maximum absolute atomic E-state index is 11.8. The second-order valence-corrected chi connectivity index (χ2v) is 5.37. The monoisotopic (exact) mass is 286 g/mol. The van der Waals surface area contributed by atoms with E-state index in [4.69, 9.17) is 4.74 Å². The van der Waals surface area contributed by atoms with E-state index in [0.29, 0.717) is 0 Å². The van der Waals surface area contributed by atoms with Crippen LogP contribution in [0.4, 0.5) is 0 Å². The first-order chi connectivity index (χ1) is 9.69. The van der Waals surface area contributed by atoms with Gasteiger partial charge in [0.25, 0.3) is 0 Å². The number of rotatable bonds is 13. The highest BCUT2D eigenvalue weighted by atomic mass is 16.5. The summed E-state index contributed by atoms with van der Waals surface area (Å²) in [5.74, 6) is -0.135. The number of hydrogen-bond donors (Lipinski definition) is 1. The van der Waals surface area contributed by atoms with Gasteiger partial charge >= 0.3 is 5.97 Å². The average molecular weight is 286 g/mol. The van der Waals surface area contributed by atoms with E-state index in [2.05, 4.69) is 31.0 Å². The lowest BCUT2D eigenvalue weighted by Crippen LogP contribution is -2.41. The Labute approximate surface area is 125 Å². The highest BCUT2D eigenvalue weighted by Crippen LogP contribution is 2.04. The van der Waals surface area contributed by atoms with Crippen molar-refractivity contribution in [1.29, 1.82) is 0 Å². The van der Waals surface area contributed by atoms with Crippen LogP contribution in [0.2, 0.25) is 0 Å². The van der Waals surface area contributed by atoms with Crippen LogP contribution in [-0.4, -0.2) is 50.2 Å². The molecule has 0 bridgehead atoms. The Kier molecular flexibility index (Phi) is 13.0. The van der Waals surface area contributed by atoms with Crippen molar-refractivity contribution in [2.24, 2.45) is 0 Å². The van der Waals surface area contributed by atoms with Crippen LogP contribution >= 0.6 is 0 Å². The summed E-state index contributed by atoms with van der Waals surface area (Å²) in [7, 11) is 1.47. The Morgan fingerprint density at radius 2 is 1.65 bits per heavy atom. The van der Waals surface area contributed by atoms with Crippen LogP contribution in [0.3, 0.4) is 0 Å². The van der Waals surface area contributed by atoms with E-state index < -0.39 is 0 Å². The van der Waals surface area contributed by atoms with Crippen LogP contribution in [0.15, 0.2) is 0 Å². The molecule has 0 aliphatic heterocycles. The fourth-order valence-electron chi connectivity index (χ4n) is 2.17. The molecular weight excluding hydrogens is 252 g/mol. The molecule has 1 unspecified atom stereocenters. The van der Waals surface area contributed by atoms with Gasteiger partial charge in [0.1, 0.15) is 6.04 Å². The summed E-state index contributed by atoms with van der Waals surface area (Å²) >= 11 is 0. The molecule has 0 amide bonds. The van der Waals surface area contributed by atoms with Gasteiger partial charge in [0, 0.05) is 6.54 Å². The minimum Gasteiger partial charge on any atom is -0.468 e. The molecule has 0 aliphatic rings. The first-order valence-electron chi connectivity index (χ1n) is 8.23. The lowest BCUT2D eigenvalue weighted by Gasteiger charge is -2.24. The molecule has 0 rings (SSSR count). The van der Waals surface area contributed by atoms with Crippen LogP contribution in [0.5, 0.6) is 0 Å². The molecule has 0 saturated carbocycles. The fraction of sp³-hybridized carbons (Fsp3) is 0.938. The molecule has 1 N–H and O–H groups in total. The standard InChI is InChI=1S/C16H34N2O2/c1-5-8-12-18(13-9-6-2)14-10-15(16(19)20-4)17-11-7-3/h15,17H,5-14H2,1-4H3. The van der Waals surface area contributed by atoms with E-state index in [9.17, 15) is 4.79 Å². The average Bonchev–Trinajstić information content (AvgIpc) is 2.48. The molecule has 0 aromatic rings. The van der Waals surface area contributed by atoms with Crippen LogP contribution in [-0.2, 0) is 9.53 Å². The molecule has 4 nitrogen and oxygen atoms in total. The third-order valence-corrected chi connectivity index (χ3v) is 3.52. The predicted octanol–water partition coefficient (Wildman–Crippen LogP) is 2.82. The second kappa shape index (κ2) is 13.4. The number of ether oxygens (including phenoxy) is 1. The van der Waals surface area contributed by atoms with Crippen molar-refractivity contribution in [3.05, 3.63) is 0 Å². The van der Waals surface area contributed by atoms with Crippen LogP contribution in [0, 0.1) is 0 Å². The Morgan fingerprint density at radius 3 is 2.10 bits per heavy atom. The van der Waals surface area contributed by atoms with E-state index in [-0.39, 0.29) is 12.0 Å². The highest BCUT2D eigenvalue weighted by Gasteiger charge is 2.19. The van der Waals surface area contributed by atoms with Gasteiger partial charge in [0.15, 0.2) is 0 Å². The lowest BCUT2D eigenvalue weighted by molar-refractivity contribution is -0.143. The van der Waals surface area contributed by atoms with E-state index in [0.717, 1.165) is 39.0 Å². The lowest BCUT2D eigenvalue weighted by atomic mass is 10.1. The Balaban J connectivity index is 4.23. The molecule has 120 valence electrons. The largest absolute Gasteiger partial charge is 0.468 e. The molecular formula is C16H34N2O2. The van der Waals surface area contributed by atoms with E-state index in [1.54, 1.807) is 0 Å². The van der Waals surface area contributed by atoms with E-state index in [1.165, 1.54) is 32.8 Å². The molecule has 0 spiro atoms. The van der Waals surface area contributed by atoms with Crippen molar-refractivity contribution in [3.63, 3.8) is 0 Å².